The van der Waals surface area contributed by atoms with Crippen molar-refractivity contribution in [2.45, 2.75) is 0 Å². The molecule has 0 aliphatic carbocycles. The number of aromatic nitrogens is 2. The van der Waals surface area contributed by atoms with Crippen molar-refractivity contribution in [3.63, 3.8) is 0 Å². The van der Waals surface area contributed by atoms with E-state index in [4.69, 9.17) is 0 Å². The SMILES string of the molecule is CN(C)c1ccnc(-n2cccc2)c1C#N. The lowest BCUT2D eigenvalue weighted by atomic mass is 10.2. The fourth-order valence-electron chi connectivity index (χ4n) is 1.59. The van der Waals surface area contributed by atoms with E-state index in [1.165, 1.54) is 0 Å². The Balaban J connectivity index is 2.64. The van der Waals surface area contributed by atoms with Crippen LogP contribution in [0.2, 0.25) is 0 Å². The molecule has 0 saturated heterocycles. The molecule has 0 radical (unpaired) electrons. The fourth-order valence-corrected chi connectivity index (χ4v) is 1.59. The maximum absolute atomic E-state index is 9.22. The van der Waals surface area contributed by atoms with E-state index in [9.17, 15) is 5.26 Å². The lowest BCUT2D eigenvalue weighted by Gasteiger charge is -2.15. The van der Waals surface area contributed by atoms with Gasteiger partial charge in [-0.1, -0.05) is 0 Å². The van der Waals surface area contributed by atoms with Gasteiger partial charge in [-0.3, -0.25) is 0 Å². The van der Waals surface area contributed by atoms with Crippen molar-refractivity contribution in [3.8, 4) is 11.9 Å². The van der Waals surface area contributed by atoms with E-state index in [-0.39, 0.29) is 0 Å². The van der Waals surface area contributed by atoms with E-state index in [0.717, 1.165) is 5.69 Å². The van der Waals surface area contributed by atoms with Crippen LogP contribution in [0.1, 0.15) is 5.56 Å². The molecule has 2 aromatic rings. The monoisotopic (exact) mass is 212 g/mol. The first-order valence-corrected chi connectivity index (χ1v) is 4.94. The Morgan fingerprint density at radius 2 is 2.00 bits per heavy atom. The topological polar surface area (TPSA) is 44.9 Å². The third-order valence-corrected chi connectivity index (χ3v) is 2.35. The summed E-state index contributed by atoms with van der Waals surface area (Å²) in [5.41, 5.74) is 1.46. The summed E-state index contributed by atoms with van der Waals surface area (Å²) < 4.78 is 1.84. The average molecular weight is 212 g/mol. The zero-order valence-electron chi connectivity index (χ0n) is 9.25. The van der Waals surface area contributed by atoms with Crippen LogP contribution in [-0.2, 0) is 0 Å². The van der Waals surface area contributed by atoms with E-state index in [0.29, 0.717) is 11.4 Å². The van der Waals surface area contributed by atoms with Gasteiger partial charge in [-0.05, 0) is 18.2 Å². The molecule has 0 unspecified atom stereocenters. The van der Waals surface area contributed by atoms with Gasteiger partial charge in [0.1, 0.15) is 11.6 Å². The van der Waals surface area contributed by atoms with Crippen molar-refractivity contribution in [2.24, 2.45) is 0 Å². The van der Waals surface area contributed by atoms with Gasteiger partial charge in [-0.15, -0.1) is 0 Å². The lowest BCUT2D eigenvalue weighted by molar-refractivity contribution is 0.989. The third kappa shape index (κ3) is 1.63. The number of rotatable bonds is 2. The first-order valence-electron chi connectivity index (χ1n) is 4.94. The number of hydrogen-bond donors (Lipinski definition) is 0. The van der Waals surface area contributed by atoms with Crippen molar-refractivity contribution in [2.75, 3.05) is 19.0 Å². The molecule has 0 spiro atoms. The maximum atomic E-state index is 9.22. The molecule has 0 atom stereocenters. The smallest absolute Gasteiger partial charge is 0.156 e. The summed E-state index contributed by atoms with van der Waals surface area (Å²) in [6.07, 6.45) is 5.47. The standard InChI is InChI=1S/C12H12N4/c1-15(2)11-5-6-14-12(10(11)9-13)16-7-3-4-8-16/h3-8H,1-2H3. The second kappa shape index (κ2) is 4.07. The highest BCUT2D eigenvalue weighted by atomic mass is 15.1. The predicted octanol–water partition coefficient (Wildman–Crippen LogP) is 1.81. The molecule has 2 aromatic heterocycles. The predicted molar refractivity (Wildman–Crippen MR) is 62.6 cm³/mol. The molecule has 0 saturated carbocycles. The van der Waals surface area contributed by atoms with Gasteiger partial charge in [0.15, 0.2) is 5.82 Å². The fraction of sp³-hybridized carbons (Fsp3) is 0.167. The van der Waals surface area contributed by atoms with Gasteiger partial charge in [-0.2, -0.15) is 5.26 Å². The Morgan fingerprint density at radius 3 is 2.56 bits per heavy atom. The number of hydrogen-bond acceptors (Lipinski definition) is 3. The van der Waals surface area contributed by atoms with Crippen molar-refractivity contribution in [1.82, 2.24) is 9.55 Å². The molecule has 0 bridgehead atoms. The van der Waals surface area contributed by atoms with Crippen LogP contribution in [0, 0.1) is 11.3 Å². The minimum absolute atomic E-state index is 0.587. The molecule has 0 amide bonds. The van der Waals surface area contributed by atoms with Gasteiger partial charge in [-0.25, -0.2) is 4.98 Å². The van der Waals surface area contributed by atoms with Crippen LogP contribution in [0.25, 0.3) is 5.82 Å². The number of pyridine rings is 1. The Morgan fingerprint density at radius 1 is 1.31 bits per heavy atom. The summed E-state index contributed by atoms with van der Waals surface area (Å²) in [5, 5.41) is 9.22. The Bertz CT molecular complexity index is 520. The van der Waals surface area contributed by atoms with E-state index in [1.54, 1.807) is 6.20 Å². The largest absolute Gasteiger partial charge is 0.376 e. The van der Waals surface area contributed by atoms with Crippen molar-refractivity contribution < 1.29 is 0 Å². The Labute approximate surface area is 94.4 Å². The van der Waals surface area contributed by atoms with Gasteiger partial charge in [0.25, 0.3) is 0 Å². The molecule has 80 valence electrons. The van der Waals surface area contributed by atoms with Crippen LogP contribution in [0.15, 0.2) is 36.8 Å². The summed E-state index contributed by atoms with van der Waals surface area (Å²) in [4.78, 5) is 6.16. The Kier molecular flexibility index (Phi) is 2.61. The molecule has 0 aliphatic rings. The quantitative estimate of drug-likeness (QED) is 0.762. The zero-order chi connectivity index (χ0) is 11.5. The molecule has 0 aromatic carbocycles. The number of nitrogens with zero attached hydrogens (tertiary/aromatic N) is 4. The van der Waals surface area contributed by atoms with Crippen LogP contribution in [0.5, 0.6) is 0 Å². The van der Waals surface area contributed by atoms with Crippen molar-refractivity contribution in [3.05, 3.63) is 42.4 Å². The minimum Gasteiger partial charge on any atom is -0.376 e. The molecule has 0 fully saturated rings. The summed E-state index contributed by atoms with van der Waals surface area (Å²) in [6, 6.07) is 7.86. The third-order valence-electron chi connectivity index (χ3n) is 2.35. The second-order valence-electron chi connectivity index (χ2n) is 3.63. The summed E-state index contributed by atoms with van der Waals surface area (Å²) in [5.74, 6) is 0.665. The summed E-state index contributed by atoms with van der Waals surface area (Å²) in [6.45, 7) is 0. The highest BCUT2D eigenvalue weighted by Crippen LogP contribution is 2.22. The molecule has 4 heteroatoms. The summed E-state index contributed by atoms with van der Waals surface area (Å²) >= 11 is 0. The maximum Gasteiger partial charge on any atom is 0.156 e. The molecule has 0 N–H and O–H groups in total. The number of anilines is 1. The highest BCUT2D eigenvalue weighted by molar-refractivity contribution is 5.64. The van der Waals surface area contributed by atoms with Gasteiger partial charge in [0.2, 0.25) is 0 Å². The van der Waals surface area contributed by atoms with E-state index in [2.05, 4.69) is 11.1 Å². The first-order chi connectivity index (χ1) is 7.74. The second-order valence-corrected chi connectivity index (χ2v) is 3.63. The van der Waals surface area contributed by atoms with Crippen LogP contribution in [0.3, 0.4) is 0 Å². The minimum atomic E-state index is 0.587. The molecule has 16 heavy (non-hydrogen) atoms. The molecule has 2 heterocycles. The average Bonchev–Trinajstić information content (AvgIpc) is 2.81. The van der Waals surface area contributed by atoms with E-state index < -0.39 is 0 Å². The van der Waals surface area contributed by atoms with Crippen molar-refractivity contribution in [1.29, 1.82) is 5.26 Å². The molecular formula is C12H12N4. The van der Waals surface area contributed by atoms with E-state index >= 15 is 0 Å². The van der Waals surface area contributed by atoms with Crippen LogP contribution in [0.4, 0.5) is 5.69 Å². The van der Waals surface area contributed by atoms with Gasteiger partial charge < -0.3 is 9.47 Å². The molecule has 0 aliphatic heterocycles. The van der Waals surface area contributed by atoms with Crippen LogP contribution in [-0.4, -0.2) is 23.6 Å². The first kappa shape index (κ1) is 10.2. The van der Waals surface area contributed by atoms with Crippen molar-refractivity contribution >= 4 is 5.69 Å². The Hall–Kier alpha value is -2.28. The van der Waals surface area contributed by atoms with E-state index in [1.807, 2.05) is 54.2 Å². The highest BCUT2D eigenvalue weighted by Gasteiger charge is 2.11. The zero-order valence-corrected chi connectivity index (χ0v) is 9.25. The van der Waals surface area contributed by atoms with Gasteiger partial charge in [0, 0.05) is 32.7 Å². The molecular weight excluding hydrogens is 200 g/mol. The van der Waals surface area contributed by atoms with Gasteiger partial charge in [0.05, 0.1) is 5.69 Å². The summed E-state index contributed by atoms with van der Waals surface area (Å²) in [7, 11) is 3.82. The lowest BCUT2D eigenvalue weighted by Crippen LogP contribution is -2.12. The number of nitriles is 1. The normalized spacial score (nSPS) is 9.81. The van der Waals surface area contributed by atoms with Crippen LogP contribution >= 0.6 is 0 Å². The van der Waals surface area contributed by atoms with Gasteiger partial charge >= 0.3 is 0 Å². The van der Waals surface area contributed by atoms with Crippen LogP contribution < -0.4 is 4.90 Å². The molecule has 2 rings (SSSR count). The molecule has 4 nitrogen and oxygen atoms in total.